The van der Waals surface area contributed by atoms with E-state index in [0.717, 1.165) is 110 Å². The second-order valence-corrected chi connectivity index (χ2v) is 44.5. The average Bonchev–Trinajstić information content (AvgIpc) is 1.62. The summed E-state index contributed by atoms with van der Waals surface area (Å²) >= 11 is 36.0. The van der Waals surface area contributed by atoms with Crippen molar-refractivity contribution >= 4 is 326 Å². The number of thiophene rings is 6. The van der Waals surface area contributed by atoms with Gasteiger partial charge >= 0.3 is 0 Å². The van der Waals surface area contributed by atoms with E-state index in [1.807, 2.05) is 77.3 Å². The maximum absolute atomic E-state index is 6.33. The summed E-state index contributed by atoms with van der Waals surface area (Å²) < 4.78 is 21.3. The number of hydrogen-bond donors (Lipinski definition) is 0. The van der Waals surface area contributed by atoms with E-state index in [1.165, 1.54) is 154 Å². The molecule has 0 aliphatic heterocycles. The van der Waals surface area contributed by atoms with Crippen molar-refractivity contribution in [3.63, 3.8) is 0 Å². The summed E-state index contributed by atoms with van der Waals surface area (Å²) in [6.45, 7) is 0. The molecule has 15 heteroatoms. The molecule has 5 nitrogen and oxygen atoms in total. The lowest BCUT2D eigenvalue weighted by Gasteiger charge is -2.28. The molecule has 0 bridgehead atoms. The molecule has 0 fully saturated rings. The maximum Gasteiger partial charge on any atom is 0.135 e. The summed E-state index contributed by atoms with van der Waals surface area (Å²) in [5.74, 6) is 0. The fourth-order valence-electron chi connectivity index (χ4n) is 20.4. The van der Waals surface area contributed by atoms with E-state index < -0.39 is 0 Å². The van der Waals surface area contributed by atoms with Crippen molar-refractivity contribution in [2.45, 2.75) is 0 Å². The van der Waals surface area contributed by atoms with Crippen LogP contribution in [-0.2, 0) is 0 Å². The Morgan fingerprint density at radius 3 is 0.878 bits per heavy atom. The predicted octanol–water partition coefficient (Wildman–Crippen LogP) is 44.3. The highest BCUT2D eigenvalue weighted by atomic mass is 35.5. The Bertz CT molecular complexity index is 10000. The third-order valence-electron chi connectivity index (χ3n) is 27.3. The molecule has 7 heterocycles. The van der Waals surface area contributed by atoms with Gasteiger partial charge in [0.2, 0.25) is 0 Å². The first-order valence-electron chi connectivity index (χ1n) is 48.4. The fourth-order valence-corrected chi connectivity index (χ4v) is 28.1. The van der Waals surface area contributed by atoms with Crippen LogP contribution in [-0.4, -0.2) is 0 Å². The van der Waals surface area contributed by atoms with Gasteiger partial charge in [-0.25, -0.2) is 0 Å². The van der Waals surface area contributed by atoms with Crippen molar-refractivity contribution in [3.05, 3.63) is 518 Å². The molecule has 0 N–H and O–H groups in total. The Morgan fingerprint density at radius 1 is 0.143 bits per heavy atom. The van der Waals surface area contributed by atoms with Gasteiger partial charge in [-0.3, -0.25) is 0 Å². The van der Waals surface area contributed by atoms with E-state index in [9.17, 15) is 0 Å². The Balaban J connectivity index is 0.000000100. The Morgan fingerprint density at radius 2 is 0.408 bits per heavy atom. The van der Waals surface area contributed by atoms with Crippen molar-refractivity contribution in [2.75, 3.05) is 19.6 Å². The minimum absolute atomic E-state index is 0.762. The number of anilines is 12. The van der Waals surface area contributed by atoms with Gasteiger partial charge in [0, 0.05) is 220 Å². The Kier molecular flexibility index (Phi) is 24.4. The van der Waals surface area contributed by atoms with Gasteiger partial charge in [0.25, 0.3) is 0 Å². The van der Waals surface area contributed by atoms with Gasteiger partial charge in [-0.15, -0.1) is 68.0 Å². The van der Waals surface area contributed by atoms with Gasteiger partial charge in [-0.05, 0) is 270 Å². The third kappa shape index (κ3) is 17.8. The van der Waals surface area contributed by atoms with Crippen molar-refractivity contribution in [1.82, 2.24) is 0 Å². The zero-order valence-electron chi connectivity index (χ0n) is 78.5. The van der Waals surface area contributed by atoms with Crippen LogP contribution >= 0.6 is 114 Å². The molecular formula is C132H82Cl4N4OS6. The largest absolute Gasteiger partial charge is 0.456 e. The molecule has 0 amide bonds. The van der Waals surface area contributed by atoms with Crippen molar-refractivity contribution in [1.29, 1.82) is 0 Å². The number of rotatable bonds is 15. The van der Waals surface area contributed by atoms with Crippen LogP contribution in [0.2, 0.25) is 20.1 Å². The van der Waals surface area contributed by atoms with Gasteiger partial charge < -0.3 is 24.0 Å². The van der Waals surface area contributed by atoms with Crippen molar-refractivity contribution < 1.29 is 4.42 Å². The van der Waals surface area contributed by atoms with Crippen LogP contribution in [0.5, 0.6) is 0 Å². The molecule has 147 heavy (non-hydrogen) atoms. The van der Waals surface area contributed by atoms with E-state index in [0.29, 0.717) is 0 Å². The summed E-state index contributed by atoms with van der Waals surface area (Å²) in [5.41, 5.74) is 22.5. The number of hydrogen-bond acceptors (Lipinski definition) is 11. The van der Waals surface area contributed by atoms with Crippen LogP contribution in [0.4, 0.5) is 68.2 Å². The molecule has 700 valence electrons. The lowest BCUT2D eigenvalue weighted by molar-refractivity contribution is 0.669. The second kappa shape index (κ2) is 39.4. The summed E-state index contributed by atoms with van der Waals surface area (Å²) in [4.78, 5) is 9.41. The zero-order chi connectivity index (χ0) is 98.1. The predicted molar refractivity (Wildman–Crippen MR) is 645 cm³/mol. The Hall–Kier alpha value is -15.7. The minimum Gasteiger partial charge on any atom is -0.456 e. The van der Waals surface area contributed by atoms with Gasteiger partial charge in [0.15, 0.2) is 0 Å². The van der Waals surface area contributed by atoms with E-state index >= 15 is 0 Å². The van der Waals surface area contributed by atoms with Gasteiger partial charge in [-0.1, -0.05) is 301 Å². The van der Waals surface area contributed by atoms with Crippen molar-refractivity contribution in [3.8, 4) is 33.4 Å². The number of para-hydroxylation sites is 4. The second-order valence-electron chi connectivity index (χ2n) is 36.3. The Labute approximate surface area is 892 Å². The molecule has 0 spiro atoms. The summed E-state index contributed by atoms with van der Waals surface area (Å²) in [5, 5.41) is 20.5. The van der Waals surface area contributed by atoms with Crippen LogP contribution in [0.1, 0.15) is 0 Å². The van der Waals surface area contributed by atoms with Crippen LogP contribution in [0, 0.1) is 0 Å². The molecule has 0 aliphatic rings. The normalized spacial score (nSPS) is 11.5. The molecule has 0 aliphatic carbocycles. The molecule has 0 unspecified atom stereocenters. The van der Waals surface area contributed by atoms with Gasteiger partial charge in [0.1, 0.15) is 11.2 Å². The maximum atomic E-state index is 6.33. The quantitative estimate of drug-likeness (QED) is 0.102. The fraction of sp³-hybridized carbons (Fsp3) is 0. The van der Waals surface area contributed by atoms with E-state index in [4.69, 9.17) is 50.8 Å². The van der Waals surface area contributed by atoms with Crippen LogP contribution in [0.3, 0.4) is 0 Å². The van der Waals surface area contributed by atoms with Crippen LogP contribution in [0.15, 0.2) is 502 Å². The highest BCUT2D eigenvalue weighted by Crippen LogP contribution is 2.52. The minimum atomic E-state index is 0.762. The molecule has 0 radical (unpaired) electrons. The van der Waals surface area contributed by atoms with Gasteiger partial charge in [-0.2, -0.15) is 0 Å². The lowest BCUT2D eigenvalue weighted by atomic mass is 10.0. The average molecular weight is 2070 g/mol. The molecule has 0 saturated heterocycles. The number of benzene rings is 22. The smallest absolute Gasteiger partial charge is 0.135 e. The number of furan rings is 1. The number of fused-ring (bicyclic) bond motifs is 21. The first kappa shape index (κ1) is 91.3. The lowest BCUT2D eigenvalue weighted by Crippen LogP contribution is -2.11. The summed E-state index contributed by atoms with van der Waals surface area (Å²) in [7, 11) is 0. The SMILES string of the molecule is Clc1ccc2c(c1)sc1ccc(N(c3ccc(-c4ccccc4)cc3)c3ccc4sc5ccccc5c4c3)cc12.Clc1ccc2c(c1)sc1ccc(N(c3ccc4oc5ccccc5c4c3)c3ccccc3-c3ccccc3)cc12.Clc1ccc2c(c1)sc1ccc(N(c3cccc(-c4ccccc4)c3)c3ccc4c(c3)sc3ccccc34)cc12.Clc1ccc2c(c1)sc1ccc(N(c3ccccc3)c3ccccc3)cc12. The van der Waals surface area contributed by atoms with Gasteiger partial charge in [0.05, 0.1) is 5.69 Å². The monoisotopic (exact) mass is 2070 g/mol. The van der Waals surface area contributed by atoms with Crippen LogP contribution < -0.4 is 19.6 Å². The molecule has 22 aromatic carbocycles. The molecule has 0 atom stereocenters. The zero-order valence-corrected chi connectivity index (χ0v) is 86.4. The number of nitrogens with zero attached hydrogens (tertiary/aromatic N) is 4. The first-order chi connectivity index (χ1) is 72.4. The van der Waals surface area contributed by atoms with Crippen molar-refractivity contribution in [2.24, 2.45) is 0 Å². The van der Waals surface area contributed by atoms with E-state index in [-0.39, 0.29) is 0 Å². The van der Waals surface area contributed by atoms with Crippen LogP contribution in [0.25, 0.3) is 176 Å². The highest BCUT2D eigenvalue weighted by Gasteiger charge is 2.26. The summed E-state index contributed by atoms with van der Waals surface area (Å²) in [6.07, 6.45) is 0. The number of halogens is 4. The third-order valence-corrected chi connectivity index (χ3v) is 35.0. The van der Waals surface area contributed by atoms with E-state index in [1.54, 1.807) is 45.3 Å². The standard InChI is InChI=1S/C36H22ClNOS.2C36H22ClNS2.C24H16ClNS/c37-24-14-17-29-31-22-26(16-19-35(31)40-36(29)20-24)38(32-12-6-4-10-27(32)23-8-2-1-3-9-23)25-15-18-34-30(21-25)28-11-5-7-13-33(28)39-34;37-25-13-16-31-32-21-27(15-18-34(32)40-35(31)20-25)38(26-10-6-9-24(19-26)23-7-2-1-3-8-23)28-14-17-30-29-11-4-5-12-33(29)39-36(30)22-28;37-25-12-17-30-32-22-28(16-19-35(32)40-36(30)20-25)38(26-13-10-24(11-14-26)23-6-2-1-3-7-23)27-15-18-34-31(21-27)29-8-4-5-9-33(29)39-34;25-17-11-13-21-22-16-20(12-14-23(22)27-24(21)15-17)26(18-7-3-1-4-8-18)19-9-5-2-6-10-19/h3*1-22H;1-16H. The molecule has 29 rings (SSSR count). The van der Waals surface area contributed by atoms with E-state index in [2.05, 4.69) is 462 Å². The molecule has 0 saturated carbocycles. The molecule has 29 aromatic rings. The highest BCUT2D eigenvalue weighted by molar-refractivity contribution is 7.28. The molecular weight excluding hydrogens is 1990 g/mol. The summed E-state index contributed by atoms with van der Waals surface area (Å²) in [6, 6.07) is 177. The molecule has 7 aromatic heterocycles. The topological polar surface area (TPSA) is 26.1 Å². The first-order valence-corrected chi connectivity index (χ1v) is 54.8.